The molecule has 1 N–H and O–H groups in total. The van der Waals surface area contributed by atoms with E-state index < -0.39 is 11.9 Å². The first kappa shape index (κ1) is 21.3. The number of carbonyl (C=O) groups excluding carboxylic acids is 2. The number of rotatable bonds is 4. The standard InChI is InChI=1S/C26H29FN2O2/c1-4-5-14-23(31)29-21-13-9-8-12-19(21)28-20-15-26(2,3)16-22(30)24(20)25(29)17-10-6-7-11-18(17)27/h6-13,25,28H,4-5,14-16H2,1-3H3/t25-/m1/s1. The predicted octanol–water partition coefficient (Wildman–Crippen LogP) is 6.16. The fourth-order valence-electron chi connectivity index (χ4n) is 4.70. The number of benzene rings is 2. The number of fused-ring (bicyclic) bond motifs is 1. The molecule has 0 unspecified atom stereocenters. The lowest BCUT2D eigenvalue weighted by atomic mass is 9.73. The Morgan fingerprint density at radius 1 is 1.13 bits per heavy atom. The number of carbonyl (C=O) groups is 2. The fraction of sp³-hybridized carbons (Fsp3) is 0.385. The molecule has 1 amide bonds. The summed E-state index contributed by atoms with van der Waals surface area (Å²) in [5.41, 5.74) is 2.88. The SMILES string of the molecule is CCCCC(=O)N1c2ccccc2NC2=C(C(=O)CC(C)(C)C2)[C@H]1c1ccccc1F. The van der Waals surface area contributed by atoms with Crippen molar-refractivity contribution >= 4 is 23.1 Å². The number of hydrogen-bond donors (Lipinski definition) is 1. The van der Waals surface area contributed by atoms with E-state index >= 15 is 4.39 Å². The van der Waals surface area contributed by atoms with Gasteiger partial charge in [-0.25, -0.2) is 4.39 Å². The molecular weight excluding hydrogens is 391 g/mol. The molecule has 0 aromatic heterocycles. The second-order valence-corrected chi connectivity index (χ2v) is 9.27. The van der Waals surface area contributed by atoms with E-state index in [0.29, 0.717) is 36.1 Å². The van der Waals surface area contributed by atoms with Gasteiger partial charge >= 0.3 is 0 Å². The van der Waals surface area contributed by atoms with Crippen molar-refractivity contribution in [2.75, 3.05) is 10.2 Å². The van der Waals surface area contributed by atoms with E-state index in [1.54, 1.807) is 23.1 Å². The van der Waals surface area contributed by atoms with E-state index in [0.717, 1.165) is 24.2 Å². The molecule has 0 spiro atoms. The van der Waals surface area contributed by atoms with Crippen LogP contribution in [0.2, 0.25) is 0 Å². The molecule has 162 valence electrons. The molecule has 2 aromatic carbocycles. The summed E-state index contributed by atoms with van der Waals surface area (Å²) < 4.78 is 15.1. The molecule has 1 aliphatic heterocycles. The van der Waals surface area contributed by atoms with Crippen LogP contribution in [0.5, 0.6) is 0 Å². The van der Waals surface area contributed by atoms with Crippen molar-refractivity contribution in [3.63, 3.8) is 0 Å². The van der Waals surface area contributed by atoms with Gasteiger partial charge in [0.25, 0.3) is 0 Å². The third-order valence-corrected chi connectivity index (χ3v) is 6.11. The van der Waals surface area contributed by atoms with Crippen LogP contribution in [0.1, 0.15) is 64.5 Å². The van der Waals surface area contributed by atoms with E-state index in [4.69, 9.17) is 0 Å². The lowest BCUT2D eigenvalue weighted by molar-refractivity contribution is -0.119. The van der Waals surface area contributed by atoms with Crippen molar-refractivity contribution in [2.45, 2.75) is 58.9 Å². The molecule has 2 aliphatic rings. The van der Waals surface area contributed by atoms with Crippen LogP contribution in [-0.2, 0) is 9.59 Å². The summed E-state index contributed by atoms with van der Waals surface area (Å²) in [5.74, 6) is -0.548. The van der Waals surface area contributed by atoms with Crippen LogP contribution in [-0.4, -0.2) is 11.7 Å². The van der Waals surface area contributed by atoms with Gasteiger partial charge in [0.2, 0.25) is 5.91 Å². The summed E-state index contributed by atoms with van der Waals surface area (Å²) in [4.78, 5) is 28.6. The van der Waals surface area contributed by atoms with Gasteiger partial charge in [-0.3, -0.25) is 14.5 Å². The molecule has 2 aromatic rings. The van der Waals surface area contributed by atoms with Crippen LogP contribution in [0.4, 0.5) is 15.8 Å². The second kappa shape index (κ2) is 8.29. The Bertz CT molecular complexity index is 1060. The monoisotopic (exact) mass is 420 g/mol. The van der Waals surface area contributed by atoms with Gasteiger partial charge in [0.05, 0.1) is 17.4 Å². The maximum absolute atomic E-state index is 15.1. The molecule has 0 saturated carbocycles. The third-order valence-electron chi connectivity index (χ3n) is 6.11. The Labute approximate surface area is 183 Å². The first-order valence-electron chi connectivity index (χ1n) is 11.0. The van der Waals surface area contributed by atoms with Gasteiger partial charge < -0.3 is 5.32 Å². The quantitative estimate of drug-likeness (QED) is 0.644. The zero-order valence-electron chi connectivity index (χ0n) is 18.4. The third kappa shape index (κ3) is 4.01. The minimum Gasteiger partial charge on any atom is -0.357 e. The van der Waals surface area contributed by atoms with E-state index in [-0.39, 0.29) is 17.1 Å². The summed E-state index contributed by atoms with van der Waals surface area (Å²) in [6.45, 7) is 6.16. The molecule has 1 heterocycles. The van der Waals surface area contributed by atoms with Crippen LogP contribution in [0.25, 0.3) is 0 Å². The molecule has 1 aliphatic carbocycles. The summed E-state index contributed by atoms with van der Waals surface area (Å²) in [6, 6.07) is 13.2. The average molecular weight is 421 g/mol. The zero-order valence-corrected chi connectivity index (χ0v) is 18.4. The summed E-state index contributed by atoms with van der Waals surface area (Å²) >= 11 is 0. The van der Waals surface area contributed by atoms with Gasteiger partial charge in [-0.05, 0) is 36.5 Å². The maximum Gasteiger partial charge on any atom is 0.227 e. The largest absolute Gasteiger partial charge is 0.357 e. The highest BCUT2D eigenvalue weighted by atomic mass is 19.1. The van der Waals surface area contributed by atoms with Crippen LogP contribution in [0, 0.1) is 11.2 Å². The Hall–Kier alpha value is -2.95. The van der Waals surface area contributed by atoms with Crippen molar-refractivity contribution in [1.82, 2.24) is 0 Å². The number of anilines is 2. The minimum atomic E-state index is -0.791. The molecule has 0 saturated heterocycles. The van der Waals surface area contributed by atoms with Crippen LogP contribution in [0.15, 0.2) is 59.8 Å². The van der Waals surface area contributed by atoms with Crippen molar-refractivity contribution in [3.05, 3.63) is 71.2 Å². The topological polar surface area (TPSA) is 49.4 Å². The Morgan fingerprint density at radius 3 is 2.58 bits per heavy atom. The number of nitrogens with zero attached hydrogens (tertiary/aromatic N) is 1. The molecule has 0 fully saturated rings. The highest BCUT2D eigenvalue weighted by Gasteiger charge is 2.43. The van der Waals surface area contributed by atoms with Crippen molar-refractivity contribution in [3.8, 4) is 0 Å². The maximum atomic E-state index is 15.1. The number of hydrogen-bond acceptors (Lipinski definition) is 3. The van der Waals surface area contributed by atoms with Crippen LogP contribution < -0.4 is 10.2 Å². The van der Waals surface area contributed by atoms with E-state index in [1.165, 1.54) is 6.07 Å². The van der Waals surface area contributed by atoms with Gasteiger partial charge in [0.1, 0.15) is 5.82 Å². The predicted molar refractivity (Wildman–Crippen MR) is 121 cm³/mol. The second-order valence-electron chi connectivity index (χ2n) is 9.27. The number of para-hydroxylation sites is 2. The van der Waals surface area contributed by atoms with Crippen molar-refractivity contribution in [2.24, 2.45) is 5.41 Å². The van der Waals surface area contributed by atoms with Crippen molar-refractivity contribution < 1.29 is 14.0 Å². The van der Waals surface area contributed by atoms with Gasteiger partial charge in [-0.1, -0.05) is 57.5 Å². The number of allylic oxidation sites excluding steroid dienone is 1. The number of halogens is 1. The number of Topliss-reactive ketones (excluding diaryl/α,β-unsaturated/α-hetero) is 1. The Balaban J connectivity index is 1.99. The van der Waals surface area contributed by atoms with Gasteiger partial charge in [0, 0.05) is 29.7 Å². The Kier molecular flexibility index (Phi) is 5.69. The Morgan fingerprint density at radius 2 is 1.84 bits per heavy atom. The molecule has 1 atom stereocenters. The summed E-state index contributed by atoms with van der Waals surface area (Å²) in [7, 11) is 0. The lowest BCUT2D eigenvalue weighted by Crippen LogP contribution is -2.39. The lowest BCUT2D eigenvalue weighted by Gasteiger charge is -2.37. The molecule has 4 nitrogen and oxygen atoms in total. The molecule has 4 rings (SSSR count). The number of nitrogens with one attached hydrogen (secondary N) is 1. The van der Waals surface area contributed by atoms with Crippen LogP contribution >= 0.6 is 0 Å². The number of amides is 1. The van der Waals surface area contributed by atoms with Crippen molar-refractivity contribution in [1.29, 1.82) is 0 Å². The first-order valence-corrected chi connectivity index (χ1v) is 11.0. The zero-order chi connectivity index (χ0) is 22.2. The number of ketones is 1. The van der Waals surface area contributed by atoms with E-state index in [2.05, 4.69) is 19.2 Å². The molecule has 31 heavy (non-hydrogen) atoms. The van der Waals surface area contributed by atoms with Gasteiger partial charge in [-0.15, -0.1) is 0 Å². The molecule has 0 bridgehead atoms. The summed E-state index contributed by atoms with van der Waals surface area (Å²) in [5, 5.41) is 3.45. The molecule has 5 heteroatoms. The highest BCUT2D eigenvalue weighted by molar-refractivity contribution is 6.06. The molecular formula is C26H29FN2O2. The fourth-order valence-corrected chi connectivity index (χ4v) is 4.70. The summed E-state index contributed by atoms with van der Waals surface area (Å²) in [6.07, 6.45) is 2.99. The minimum absolute atomic E-state index is 0.0342. The first-order chi connectivity index (χ1) is 14.8. The van der Waals surface area contributed by atoms with E-state index in [1.807, 2.05) is 31.2 Å². The normalized spacial score (nSPS) is 19.9. The average Bonchev–Trinajstić information content (AvgIpc) is 2.85. The molecule has 0 radical (unpaired) electrons. The van der Waals surface area contributed by atoms with Gasteiger partial charge in [0.15, 0.2) is 5.78 Å². The van der Waals surface area contributed by atoms with Crippen LogP contribution in [0.3, 0.4) is 0 Å². The van der Waals surface area contributed by atoms with Gasteiger partial charge in [-0.2, -0.15) is 0 Å². The number of unbranched alkanes of at least 4 members (excludes halogenated alkanes) is 1. The smallest absolute Gasteiger partial charge is 0.227 e. The van der Waals surface area contributed by atoms with E-state index in [9.17, 15) is 9.59 Å². The highest BCUT2D eigenvalue weighted by Crippen LogP contribution is 2.48.